The van der Waals surface area contributed by atoms with Gasteiger partial charge in [0.1, 0.15) is 5.82 Å². The molecule has 26 heavy (non-hydrogen) atoms. The molecule has 0 aliphatic heterocycles. The van der Waals surface area contributed by atoms with Gasteiger partial charge in [0.2, 0.25) is 0 Å². The maximum Gasteiger partial charge on any atom is 0.172 e. The van der Waals surface area contributed by atoms with Gasteiger partial charge in [0.15, 0.2) is 10.9 Å². The molecule has 0 unspecified atom stereocenters. The van der Waals surface area contributed by atoms with E-state index >= 15 is 0 Å². The smallest absolute Gasteiger partial charge is 0.172 e. The highest BCUT2D eigenvalue weighted by molar-refractivity contribution is 7.80. The normalized spacial score (nSPS) is 10.8. The van der Waals surface area contributed by atoms with Gasteiger partial charge >= 0.3 is 0 Å². The lowest BCUT2D eigenvalue weighted by Gasteiger charge is -2.08. The molecule has 0 aliphatic rings. The Kier molecular flexibility index (Phi) is 5.53. The predicted octanol–water partition coefficient (Wildman–Crippen LogP) is 3.25. The molecule has 0 aliphatic carbocycles. The third kappa shape index (κ3) is 4.39. The van der Waals surface area contributed by atoms with Crippen molar-refractivity contribution in [2.24, 2.45) is 7.05 Å². The van der Waals surface area contributed by atoms with Crippen LogP contribution in [-0.2, 0) is 20.1 Å². The summed E-state index contributed by atoms with van der Waals surface area (Å²) in [6.45, 7) is 2.75. The quantitative estimate of drug-likeness (QED) is 0.653. The van der Waals surface area contributed by atoms with Gasteiger partial charge in [0.05, 0.1) is 12.2 Å². The second kappa shape index (κ2) is 7.84. The molecule has 0 radical (unpaired) electrons. The zero-order chi connectivity index (χ0) is 18.7. The third-order valence-electron chi connectivity index (χ3n) is 3.82. The van der Waals surface area contributed by atoms with Gasteiger partial charge in [0, 0.05) is 48.2 Å². The molecule has 2 aromatic heterocycles. The number of aryl methyl sites for hydroxylation is 2. The molecule has 6 nitrogen and oxygen atoms in total. The fraction of sp³-hybridized carbons (Fsp3) is 0.235. The van der Waals surface area contributed by atoms with Gasteiger partial charge in [-0.15, -0.1) is 0 Å². The van der Waals surface area contributed by atoms with Gasteiger partial charge in [-0.1, -0.05) is 17.7 Å². The van der Waals surface area contributed by atoms with E-state index in [0.717, 1.165) is 11.3 Å². The maximum atomic E-state index is 13.9. The Balaban J connectivity index is 1.58. The Morgan fingerprint density at radius 3 is 2.81 bits per heavy atom. The van der Waals surface area contributed by atoms with Crippen molar-refractivity contribution in [2.75, 3.05) is 5.32 Å². The van der Waals surface area contributed by atoms with Crippen LogP contribution in [0, 0.1) is 12.7 Å². The topological polar surface area (TPSA) is 59.7 Å². The van der Waals surface area contributed by atoms with Crippen molar-refractivity contribution >= 4 is 34.7 Å². The summed E-state index contributed by atoms with van der Waals surface area (Å²) in [5.74, 6) is 0.212. The lowest BCUT2D eigenvalue weighted by atomic mass is 10.2. The summed E-state index contributed by atoms with van der Waals surface area (Å²) >= 11 is 11.3. The summed E-state index contributed by atoms with van der Waals surface area (Å²) in [4.78, 5) is 0. The molecule has 2 N–H and O–H groups in total. The minimum atomic E-state index is -0.355. The third-order valence-corrected chi connectivity index (χ3v) is 4.42. The Morgan fingerprint density at radius 2 is 2.12 bits per heavy atom. The first-order valence-corrected chi connectivity index (χ1v) is 8.71. The predicted molar refractivity (Wildman–Crippen MR) is 104 cm³/mol. The second-order valence-electron chi connectivity index (χ2n) is 5.82. The molecule has 9 heteroatoms. The van der Waals surface area contributed by atoms with Gasteiger partial charge < -0.3 is 10.6 Å². The second-order valence-corrected chi connectivity index (χ2v) is 6.64. The number of benzene rings is 1. The Hall–Kier alpha value is -2.45. The molecule has 0 saturated heterocycles. The van der Waals surface area contributed by atoms with Crippen LogP contribution in [0.4, 0.5) is 10.2 Å². The van der Waals surface area contributed by atoms with Crippen LogP contribution in [0.1, 0.15) is 16.8 Å². The van der Waals surface area contributed by atoms with Gasteiger partial charge in [-0.05, 0) is 31.3 Å². The Labute approximate surface area is 161 Å². The number of anilines is 1. The SMILES string of the molecule is Cc1nn(C)cc1CNC(=S)Nc1ccn(Cc2c(F)cccc2Cl)n1. The first-order valence-electron chi connectivity index (χ1n) is 7.92. The molecule has 0 amide bonds. The molecule has 2 heterocycles. The van der Waals surface area contributed by atoms with E-state index in [-0.39, 0.29) is 12.4 Å². The average Bonchev–Trinajstić information content (AvgIpc) is 3.15. The summed E-state index contributed by atoms with van der Waals surface area (Å²) in [6.07, 6.45) is 3.68. The summed E-state index contributed by atoms with van der Waals surface area (Å²) < 4.78 is 17.2. The van der Waals surface area contributed by atoms with Gasteiger partial charge in [-0.2, -0.15) is 10.2 Å². The largest absolute Gasteiger partial charge is 0.358 e. The fourth-order valence-corrected chi connectivity index (χ4v) is 2.92. The number of hydrogen-bond acceptors (Lipinski definition) is 3. The monoisotopic (exact) mass is 392 g/mol. The van der Waals surface area contributed by atoms with E-state index in [0.29, 0.717) is 28.1 Å². The van der Waals surface area contributed by atoms with Crippen LogP contribution in [0.2, 0.25) is 5.02 Å². The summed E-state index contributed by atoms with van der Waals surface area (Å²) in [5, 5.41) is 15.6. The lowest BCUT2D eigenvalue weighted by molar-refractivity contribution is 0.586. The average molecular weight is 393 g/mol. The van der Waals surface area contributed by atoms with Crippen LogP contribution < -0.4 is 10.6 Å². The van der Waals surface area contributed by atoms with Crippen molar-refractivity contribution in [1.82, 2.24) is 24.9 Å². The molecule has 0 atom stereocenters. The van der Waals surface area contributed by atoms with Crippen molar-refractivity contribution < 1.29 is 4.39 Å². The highest BCUT2D eigenvalue weighted by atomic mass is 35.5. The molecular weight excluding hydrogens is 375 g/mol. The van der Waals surface area contributed by atoms with Crippen molar-refractivity contribution in [3.8, 4) is 0 Å². The van der Waals surface area contributed by atoms with E-state index in [9.17, 15) is 4.39 Å². The molecular formula is C17H18ClFN6S. The molecule has 0 bridgehead atoms. The lowest BCUT2D eigenvalue weighted by Crippen LogP contribution is -2.28. The molecule has 3 rings (SSSR count). The van der Waals surface area contributed by atoms with Crippen LogP contribution >= 0.6 is 23.8 Å². The van der Waals surface area contributed by atoms with E-state index < -0.39 is 0 Å². The summed E-state index contributed by atoms with van der Waals surface area (Å²) in [5.41, 5.74) is 2.42. The zero-order valence-electron chi connectivity index (χ0n) is 14.3. The molecule has 0 saturated carbocycles. The van der Waals surface area contributed by atoms with Crippen LogP contribution in [0.5, 0.6) is 0 Å². The summed E-state index contributed by atoms with van der Waals surface area (Å²) in [7, 11) is 1.88. The number of rotatable bonds is 5. The zero-order valence-corrected chi connectivity index (χ0v) is 15.9. The number of thiocarbonyl (C=S) groups is 1. The first kappa shape index (κ1) is 18.3. The minimum absolute atomic E-state index is 0.238. The van der Waals surface area contributed by atoms with Crippen LogP contribution in [0.25, 0.3) is 0 Å². The van der Waals surface area contributed by atoms with Crippen LogP contribution in [-0.4, -0.2) is 24.7 Å². The van der Waals surface area contributed by atoms with E-state index in [1.165, 1.54) is 6.07 Å². The van der Waals surface area contributed by atoms with E-state index in [4.69, 9.17) is 23.8 Å². The fourth-order valence-electron chi connectivity index (χ4n) is 2.52. The van der Waals surface area contributed by atoms with Crippen molar-refractivity contribution in [3.05, 3.63) is 64.3 Å². The van der Waals surface area contributed by atoms with Crippen molar-refractivity contribution in [2.45, 2.75) is 20.0 Å². The Morgan fingerprint density at radius 1 is 1.31 bits per heavy atom. The molecule has 3 aromatic rings. The minimum Gasteiger partial charge on any atom is -0.358 e. The Bertz CT molecular complexity index is 915. The van der Waals surface area contributed by atoms with Gasteiger partial charge in [-0.3, -0.25) is 9.36 Å². The van der Waals surface area contributed by atoms with E-state index in [1.54, 1.807) is 33.8 Å². The standard InChI is InChI=1S/C17H18ClFN6S/c1-11-12(9-24(2)22-11)8-20-17(26)21-16-6-7-25(23-16)10-13-14(18)4-3-5-15(13)19/h3-7,9H,8,10H2,1-2H3,(H2,20,21,23,26). The number of halogens is 2. The van der Waals surface area contributed by atoms with Crippen LogP contribution in [0.15, 0.2) is 36.7 Å². The van der Waals surface area contributed by atoms with Crippen molar-refractivity contribution in [3.63, 3.8) is 0 Å². The number of aromatic nitrogens is 4. The maximum absolute atomic E-state index is 13.9. The highest BCUT2D eigenvalue weighted by Gasteiger charge is 2.09. The van der Waals surface area contributed by atoms with E-state index in [1.807, 2.05) is 20.2 Å². The van der Waals surface area contributed by atoms with Crippen molar-refractivity contribution in [1.29, 1.82) is 0 Å². The number of nitrogens with zero attached hydrogens (tertiary/aromatic N) is 4. The number of nitrogens with one attached hydrogen (secondary N) is 2. The highest BCUT2D eigenvalue weighted by Crippen LogP contribution is 2.20. The summed E-state index contributed by atoms with van der Waals surface area (Å²) in [6, 6.07) is 6.37. The molecule has 0 spiro atoms. The molecule has 136 valence electrons. The number of hydrogen-bond donors (Lipinski definition) is 2. The van der Waals surface area contributed by atoms with E-state index in [2.05, 4.69) is 20.8 Å². The van der Waals surface area contributed by atoms with Gasteiger partial charge in [-0.25, -0.2) is 4.39 Å². The molecule has 0 fully saturated rings. The van der Waals surface area contributed by atoms with Crippen LogP contribution in [0.3, 0.4) is 0 Å². The first-order chi connectivity index (χ1) is 12.4. The molecule has 1 aromatic carbocycles. The van der Waals surface area contributed by atoms with Gasteiger partial charge in [0.25, 0.3) is 0 Å².